The number of rotatable bonds is 2. The Bertz CT molecular complexity index is 392. The summed E-state index contributed by atoms with van der Waals surface area (Å²) < 4.78 is 10.8. The Hall–Kier alpha value is -1.60. The summed E-state index contributed by atoms with van der Waals surface area (Å²) in [6, 6.07) is 3.86. The van der Waals surface area contributed by atoms with Gasteiger partial charge >= 0.3 is 0 Å². The number of hydrogen-bond acceptors (Lipinski definition) is 4. The first-order valence-corrected chi connectivity index (χ1v) is 4.91. The second-order valence-electron chi connectivity index (χ2n) is 3.55. The minimum absolute atomic E-state index is 0.102. The fourth-order valence-electron chi connectivity index (χ4n) is 1.49. The lowest BCUT2D eigenvalue weighted by atomic mass is 10.2. The third-order valence-electron chi connectivity index (χ3n) is 2.38. The van der Waals surface area contributed by atoms with Crippen LogP contribution in [0.25, 0.3) is 0 Å². The molecule has 0 saturated carbocycles. The number of ether oxygens (including phenoxy) is 2. The molecule has 78 valence electrons. The number of hydrogen-bond donors (Lipinski definition) is 0. The molecule has 0 amide bonds. The highest BCUT2D eigenvalue weighted by Crippen LogP contribution is 2.17. The standard InChI is InChI=1S/C11H12N2O2/c1-8-4-11(13-6-9(8)5-12)15-10-2-3-14-7-10/h4,6,10H,2-3,7H2,1H3. The van der Waals surface area contributed by atoms with E-state index in [1.807, 2.05) is 6.92 Å². The minimum Gasteiger partial charge on any atom is -0.472 e. The van der Waals surface area contributed by atoms with Crippen LogP contribution in [0.15, 0.2) is 12.3 Å². The molecular formula is C11H12N2O2. The lowest BCUT2D eigenvalue weighted by Crippen LogP contribution is -2.16. The number of pyridine rings is 1. The van der Waals surface area contributed by atoms with Gasteiger partial charge in [-0.05, 0) is 12.5 Å². The lowest BCUT2D eigenvalue weighted by Gasteiger charge is -2.11. The Morgan fingerprint density at radius 3 is 3.13 bits per heavy atom. The molecule has 1 aliphatic rings. The monoisotopic (exact) mass is 204 g/mol. The van der Waals surface area contributed by atoms with Crippen LogP contribution in [0.2, 0.25) is 0 Å². The van der Waals surface area contributed by atoms with Crippen LogP contribution in [-0.4, -0.2) is 24.3 Å². The molecule has 4 nitrogen and oxygen atoms in total. The minimum atomic E-state index is 0.102. The molecule has 2 heterocycles. The van der Waals surface area contributed by atoms with Gasteiger partial charge in [-0.2, -0.15) is 5.26 Å². The molecule has 0 radical (unpaired) electrons. The Morgan fingerprint density at radius 1 is 1.67 bits per heavy atom. The Balaban J connectivity index is 2.09. The van der Waals surface area contributed by atoms with E-state index in [-0.39, 0.29) is 6.10 Å². The molecule has 1 aromatic heterocycles. The quantitative estimate of drug-likeness (QED) is 0.731. The van der Waals surface area contributed by atoms with E-state index in [0.29, 0.717) is 18.1 Å². The normalized spacial score (nSPS) is 19.9. The van der Waals surface area contributed by atoms with E-state index in [4.69, 9.17) is 14.7 Å². The molecule has 15 heavy (non-hydrogen) atoms. The zero-order valence-corrected chi connectivity index (χ0v) is 8.56. The summed E-state index contributed by atoms with van der Waals surface area (Å²) in [7, 11) is 0. The molecule has 1 aromatic rings. The van der Waals surface area contributed by atoms with E-state index in [0.717, 1.165) is 18.6 Å². The molecule has 2 rings (SSSR count). The Labute approximate surface area is 88.5 Å². The van der Waals surface area contributed by atoms with Crippen LogP contribution >= 0.6 is 0 Å². The fourth-order valence-corrected chi connectivity index (χ4v) is 1.49. The number of aromatic nitrogens is 1. The lowest BCUT2D eigenvalue weighted by molar-refractivity contribution is 0.138. The SMILES string of the molecule is Cc1cc(OC2CCOC2)ncc1C#N. The molecule has 4 heteroatoms. The molecule has 0 aromatic carbocycles. The molecule has 0 N–H and O–H groups in total. The predicted octanol–water partition coefficient (Wildman–Crippen LogP) is 1.43. The Morgan fingerprint density at radius 2 is 2.53 bits per heavy atom. The maximum atomic E-state index is 8.74. The highest BCUT2D eigenvalue weighted by Gasteiger charge is 2.17. The van der Waals surface area contributed by atoms with Crippen LogP contribution < -0.4 is 4.74 Å². The number of nitriles is 1. The van der Waals surface area contributed by atoms with Crippen molar-refractivity contribution in [2.75, 3.05) is 13.2 Å². The molecular weight excluding hydrogens is 192 g/mol. The summed E-state index contributed by atoms with van der Waals surface area (Å²) in [6.45, 7) is 3.25. The maximum absolute atomic E-state index is 8.74. The summed E-state index contributed by atoms with van der Waals surface area (Å²) >= 11 is 0. The van der Waals surface area contributed by atoms with Crippen molar-refractivity contribution in [3.63, 3.8) is 0 Å². The van der Waals surface area contributed by atoms with Gasteiger partial charge in [-0.3, -0.25) is 0 Å². The third kappa shape index (κ3) is 2.25. The van der Waals surface area contributed by atoms with Gasteiger partial charge in [0.2, 0.25) is 5.88 Å². The highest BCUT2D eigenvalue weighted by atomic mass is 16.5. The zero-order valence-electron chi connectivity index (χ0n) is 8.56. The van der Waals surface area contributed by atoms with E-state index < -0.39 is 0 Å². The summed E-state index contributed by atoms with van der Waals surface area (Å²) in [6.07, 6.45) is 2.55. The second-order valence-corrected chi connectivity index (χ2v) is 3.55. The van der Waals surface area contributed by atoms with Crippen molar-refractivity contribution in [1.82, 2.24) is 4.98 Å². The topological polar surface area (TPSA) is 55.1 Å². The zero-order chi connectivity index (χ0) is 10.7. The molecule has 0 bridgehead atoms. The van der Waals surface area contributed by atoms with Crippen molar-refractivity contribution in [3.8, 4) is 11.9 Å². The second kappa shape index (κ2) is 4.28. The van der Waals surface area contributed by atoms with Crippen molar-refractivity contribution in [2.45, 2.75) is 19.4 Å². The van der Waals surface area contributed by atoms with Crippen LogP contribution in [0, 0.1) is 18.3 Å². The molecule has 1 aliphatic heterocycles. The van der Waals surface area contributed by atoms with Gasteiger partial charge in [0.25, 0.3) is 0 Å². The van der Waals surface area contributed by atoms with Gasteiger partial charge in [0.1, 0.15) is 12.2 Å². The van der Waals surface area contributed by atoms with Crippen molar-refractivity contribution in [2.24, 2.45) is 0 Å². The van der Waals surface area contributed by atoms with Crippen LogP contribution in [0.1, 0.15) is 17.5 Å². The van der Waals surface area contributed by atoms with Crippen molar-refractivity contribution in [3.05, 3.63) is 23.4 Å². The molecule has 1 unspecified atom stereocenters. The van der Waals surface area contributed by atoms with E-state index in [9.17, 15) is 0 Å². The molecule has 1 fully saturated rings. The fraction of sp³-hybridized carbons (Fsp3) is 0.455. The first-order chi connectivity index (χ1) is 7.29. The van der Waals surface area contributed by atoms with Gasteiger partial charge in [-0.25, -0.2) is 4.98 Å². The van der Waals surface area contributed by atoms with Gasteiger partial charge in [0.15, 0.2) is 0 Å². The molecule has 0 aliphatic carbocycles. The van der Waals surface area contributed by atoms with Gasteiger partial charge in [0, 0.05) is 18.7 Å². The molecule has 1 saturated heterocycles. The van der Waals surface area contributed by atoms with Crippen molar-refractivity contribution >= 4 is 0 Å². The summed E-state index contributed by atoms with van der Waals surface area (Å²) in [5.41, 5.74) is 1.48. The van der Waals surface area contributed by atoms with Crippen LogP contribution in [0.5, 0.6) is 5.88 Å². The Kier molecular flexibility index (Phi) is 2.84. The van der Waals surface area contributed by atoms with Crippen molar-refractivity contribution in [1.29, 1.82) is 5.26 Å². The third-order valence-corrected chi connectivity index (χ3v) is 2.38. The van der Waals surface area contributed by atoms with Crippen LogP contribution in [0.4, 0.5) is 0 Å². The van der Waals surface area contributed by atoms with Gasteiger partial charge in [-0.1, -0.05) is 0 Å². The smallest absolute Gasteiger partial charge is 0.213 e. The molecule has 0 spiro atoms. The van der Waals surface area contributed by atoms with E-state index >= 15 is 0 Å². The maximum Gasteiger partial charge on any atom is 0.213 e. The average molecular weight is 204 g/mol. The predicted molar refractivity (Wildman–Crippen MR) is 53.5 cm³/mol. The summed E-state index contributed by atoms with van der Waals surface area (Å²) in [5, 5.41) is 8.74. The van der Waals surface area contributed by atoms with E-state index in [1.165, 1.54) is 0 Å². The largest absolute Gasteiger partial charge is 0.472 e. The first-order valence-electron chi connectivity index (χ1n) is 4.91. The van der Waals surface area contributed by atoms with E-state index in [2.05, 4.69) is 11.1 Å². The van der Waals surface area contributed by atoms with Gasteiger partial charge in [-0.15, -0.1) is 0 Å². The average Bonchev–Trinajstić information content (AvgIpc) is 2.71. The van der Waals surface area contributed by atoms with E-state index in [1.54, 1.807) is 12.3 Å². The number of nitrogens with zero attached hydrogens (tertiary/aromatic N) is 2. The molecule has 1 atom stereocenters. The van der Waals surface area contributed by atoms with Crippen molar-refractivity contribution < 1.29 is 9.47 Å². The first kappa shape index (κ1) is 9.94. The summed E-state index contributed by atoms with van der Waals surface area (Å²) in [4.78, 5) is 4.07. The van der Waals surface area contributed by atoms with Crippen LogP contribution in [-0.2, 0) is 4.74 Å². The van der Waals surface area contributed by atoms with Gasteiger partial charge < -0.3 is 9.47 Å². The summed E-state index contributed by atoms with van der Waals surface area (Å²) in [5.74, 6) is 0.571. The number of aryl methyl sites for hydroxylation is 1. The van der Waals surface area contributed by atoms with Crippen LogP contribution in [0.3, 0.4) is 0 Å². The highest BCUT2D eigenvalue weighted by molar-refractivity contribution is 5.36. The van der Waals surface area contributed by atoms with Gasteiger partial charge in [0.05, 0.1) is 18.8 Å².